The van der Waals surface area contributed by atoms with Crippen molar-refractivity contribution >= 4 is 23.7 Å². The van der Waals surface area contributed by atoms with Crippen molar-refractivity contribution in [1.82, 2.24) is 5.43 Å². The average molecular weight is 327 g/mol. The molecule has 0 spiro atoms. The van der Waals surface area contributed by atoms with Crippen LogP contribution in [-0.2, 0) is 9.59 Å². The van der Waals surface area contributed by atoms with E-state index in [9.17, 15) is 9.59 Å². The molecule has 0 heterocycles. The molecule has 0 aliphatic rings. The molecule has 0 aliphatic carbocycles. The number of anilines is 1. The van der Waals surface area contributed by atoms with Gasteiger partial charge in [0.1, 0.15) is 11.5 Å². The van der Waals surface area contributed by atoms with Gasteiger partial charge in [-0.15, -0.1) is 0 Å². The van der Waals surface area contributed by atoms with Crippen LogP contribution in [-0.4, -0.2) is 29.7 Å². The molecule has 7 nitrogen and oxygen atoms in total. The topological polar surface area (TPSA) is 100 Å². The Kier molecular flexibility index (Phi) is 5.90. The zero-order valence-corrected chi connectivity index (χ0v) is 13.0. The summed E-state index contributed by atoms with van der Waals surface area (Å²) >= 11 is 0. The predicted octanol–water partition coefficient (Wildman–Crippen LogP) is 1.88. The fraction of sp³-hybridized carbons (Fsp3) is 0.118. The van der Waals surface area contributed by atoms with Gasteiger partial charge in [0.15, 0.2) is 0 Å². The van der Waals surface area contributed by atoms with Crippen molar-refractivity contribution in [2.24, 2.45) is 5.10 Å². The number of benzene rings is 2. The van der Waals surface area contributed by atoms with Crippen molar-refractivity contribution < 1.29 is 19.4 Å². The molecule has 0 atom stereocenters. The summed E-state index contributed by atoms with van der Waals surface area (Å²) in [5, 5.41) is 15.3. The lowest BCUT2D eigenvalue weighted by Gasteiger charge is -2.10. The van der Waals surface area contributed by atoms with E-state index in [0.29, 0.717) is 23.6 Å². The summed E-state index contributed by atoms with van der Waals surface area (Å²) in [6.45, 7) is 2.26. The Hall–Kier alpha value is -3.35. The van der Waals surface area contributed by atoms with E-state index in [1.165, 1.54) is 18.3 Å². The largest absolute Gasteiger partial charge is 0.508 e. The molecule has 3 N–H and O–H groups in total. The molecule has 7 heteroatoms. The number of phenols is 1. The lowest BCUT2D eigenvalue weighted by molar-refractivity contribution is -0.136. The number of carbonyl (C=O) groups is 2. The van der Waals surface area contributed by atoms with E-state index in [1.54, 1.807) is 36.4 Å². The number of hydrogen-bond donors (Lipinski definition) is 3. The number of nitrogens with zero attached hydrogens (tertiary/aromatic N) is 1. The molecular weight excluding hydrogens is 310 g/mol. The van der Waals surface area contributed by atoms with E-state index in [4.69, 9.17) is 9.84 Å². The van der Waals surface area contributed by atoms with Gasteiger partial charge < -0.3 is 15.2 Å². The Morgan fingerprint density at radius 1 is 1.12 bits per heavy atom. The SMILES string of the molecule is CCOc1ccccc1NC(=O)C(=O)N/N=C/c1ccc(O)cc1. The standard InChI is InChI=1S/C17H17N3O4/c1-2-24-15-6-4-3-5-14(15)19-16(22)17(23)20-18-11-12-7-9-13(21)10-8-12/h3-11,21H,2H2,1H3,(H,19,22)(H,20,23)/b18-11+. The van der Waals surface area contributed by atoms with Crippen molar-refractivity contribution in [2.45, 2.75) is 6.92 Å². The van der Waals surface area contributed by atoms with Gasteiger partial charge in [-0.25, -0.2) is 5.43 Å². The molecule has 0 fully saturated rings. The number of carbonyl (C=O) groups excluding carboxylic acids is 2. The molecule has 0 radical (unpaired) electrons. The first kappa shape index (κ1) is 17.0. The number of ether oxygens (including phenoxy) is 1. The lowest BCUT2D eigenvalue weighted by Crippen LogP contribution is -2.32. The molecule has 2 aromatic rings. The zero-order valence-electron chi connectivity index (χ0n) is 13.0. The van der Waals surface area contributed by atoms with Gasteiger partial charge in [-0.05, 0) is 48.9 Å². The van der Waals surface area contributed by atoms with Gasteiger partial charge in [-0.1, -0.05) is 12.1 Å². The maximum absolute atomic E-state index is 11.9. The fourth-order valence-electron chi connectivity index (χ4n) is 1.81. The highest BCUT2D eigenvalue weighted by atomic mass is 16.5. The third-order valence-electron chi connectivity index (χ3n) is 2.91. The van der Waals surface area contributed by atoms with Gasteiger partial charge >= 0.3 is 11.8 Å². The van der Waals surface area contributed by atoms with Crippen LogP contribution in [0.25, 0.3) is 0 Å². The summed E-state index contributed by atoms with van der Waals surface area (Å²) in [6, 6.07) is 13.0. The van der Waals surface area contributed by atoms with Crippen molar-refractivity contribution in [2.75, 3.05) is 11.9 Å². The Labute approximate surface area is 139 Å². The minimum Gasteiger partial charge on any atom is -0.508 e. The normalized spacial score (nSPS) is 10.4. The third kappa shape index (κ3) is 4.84. The molecule has 2 rings (SSSR count). The highest BCUT2D eigenvalue weighted by Crippen LogP contribution is 2.23. The number of rotatable bonds is 5. The van der Waals surface area contributed by atoms with Crippen LogP contribution in [0.5, 0.6) is 11.5 Å². The quantitative estimate of drug-likeness (QED) is 0.443. The summed E-state index contributed by atoms with van der Waals surface area (Å²) in [4.78, 5) is 23.6. The summed E-state index contributed by atoms with van der Waals surface area (Å²) in [6.07, 6.45) is 1.36. The Bertz CT molecular complexity index is 742. The number of aromatic hydroxyl groups is 1. The van der Waals surface area contributed by atoms with Gasteiger partial charge in [0.05, 0.1) is 18.5 Å². The summed E-state index contributed by atoms with van der Waals surface area (Å²) in [5.41, 5.74) is 3.20. The monoisotopic (exact) mass is 327 g/mol. The highest BCUT2D eigenvalue weighted by Gasteiger charge is 2.14. The second kappa shape index (κ2) is 8.33. The summed E-state index contributed by atoms with van der Waals surface area (Å²) in [5.74, 6) is -1.15. The maximum atomic E-state index is 11.9. The molecule has 24 heavy (non-hydrogen) atoms. The maximum Gasteiger partial charge on any atom is 0.329 e. The third-order valence-corrected chi connectivity index (χ3v) is 2.91. The highest BCUT2D eigenvalue weighted by molar-refractivity contribution is 6.39. The number of hydrogen-bond acceptors (Lipinski definition) is 5. The number of para-hydroxylation sites is 2. The van der Waals surface area contributed by atoms with Gasteiger partial charge in [0, 0.05) is 0 Å². The fourth-order valence-corrected chi connectivity index (χ4v) is 1.81. The summed E-state index contributed by atoms with van der Waals surface area (Å²) in [7, 11) is 0. The van der Waals surface area contributed by atoms with Crippen molar-refractivity contribution in [3.05, 3.63) is 54.1 Å². The lowest BCUT2D eigenvalue weighted by atomic mass is 10.2. The first-order valence-electron chi connectivity index (χ1n) is 7.25. The molecule has 2 amide bonds. The van der Waals surface area contributed by atoms with E-state index < -0.39 is 11.8 Å². The molecule has 0 bridgehead atoms. The Morgan fingerprint density at radius 2 is 1.83 bits per heavy atom. The van der Waals surface area contributed by atoms with Gasteiger partial charge in [-0.3, -0.25) is 9.59 Å². The van der Waals surface area contributed by atoms with E-state index in [1.807, 2.05) is 6.92 Å². The van der Waals surface area contributed by atoms with Crippen molar-refractivity contribution in [3.8, 4) is 11.5 Å². The van der Waals surface area contributed by atoms with Crippen LogP contribution in [0.15, 0.2) is 53.6 Å². The predicted molar refractivity (Wildman–Crippen MR) is 90.1 cm³/mol. The minimum absolute atomic E-state index is 0.128. The summed E-state index contributed by atoms with van der Waals surface area (Å²) < 4.78 is 5.37. The zero-order chi connectivity index (χ0) is 17.4. The van der Waals surface area contributed by atoms with Crippen molar-refractivity contribution in [3.63, 3.8) is 0 Å². The van der Waals surface area contributed by atoms with Crippen LogP contribution < -0.4 is 15.5 Å². The molecule has 0 aromatic heterocycles. The minimum atomic E-state index is -0.906. The van der Waals surface area contributed by atoms with E-state index in [2.05, 4.69) is 15.8 Å². The number of phenolic OH excluding ortho intramolecular Hbond substituents is 1. The van der Waals surface area contributed by atoms with Crippen LogP contribution >= 0.6 is 0 Å². The molecular formula is C17H17N3O4. The smallest absolute Gasteiger partial charge is 0.329 e. The molecule has 2 aromatic carbocycles. The van der Waals surface area contributed by atoms with Crippen LogP contribution in [0.4, 0.5) is 5.69 Å². The average Bonchev–Trinajstić information content (AvgIpc) is 2.58. The number of amides is 2. The second-order valence-corrected chi connectivity index (χ2v) is 4.67. The molecule has 124 valence electrons. The van der Waals surface area contributed by atoms with Crippen LogP contribution in [0.3, 0.4) is 0 Å². The first-order chi connectivity index (χ1) is 11.6. The van der Waals surface area contributed by atoms with Gasteiger partial charge in [-0.2, -0.15) is 5.10 Å². The first-order valence-corrected chi connectivity index (χ1v) is 7.25. The van der Waals surface area contributed by atoms with Crippen LogP contribution in [0.2, 0.25) is 0 Å². The van der Waals surface area contributed by atoms with Crippen molar-refractivity contribution in [1.29, 1.82) is 0 Å². The van der Waals surface area contributed by atoms with E-state index >= 15 is 0 Å². The number of hydrazone groups is 1. The van der Waals surface area contributed by atoms with Gasteiger partial charge in [0.2, 0.25) is 0 Å². The van der Waals surface area contributed by atoms with Gasteiger partial charge in [0.25, 0.3) is 0 Å². The Balaban J connectivity index is 1.93. The molecule has 0 aliphatic heterocycles. The second-order valence-electron chi connectivity index (χ2n) is 4.67. The van der Waals surface area contributed by atoms with E-state index in [0.717, 1.165) is 0 Å². The molecule has 0 saturated heterocycles. The molecule has 0 saturated carbocycles. The number of nitrogens with one attached hydrogen (secondary N) is 2. The van der Waals surface area contributed by atoms with E-state index in [-0.39, 0.29) is 5.75 Å². The van der Waals surface area contributed by atoms with Crippen LogP contribution in [0, 0.1) is 0 Å². The Morgan fingerprint density at radius 3 is 2.54 bits per heavy atom. The van der Waals surface area contributed by atoms with Crippen LogP contribution in [0.1, 0.15) is 12.5 Å². The molecule has 0 unspecified atom stereocenters.